The van der Waals surface area contributed by atoms with Gasteiger partial charge in [0.2, 0.25) is 5.95 Å². The predicted octanol–water partition coefficient (Wildman–Crippen LogP) is 7.62. The molecule has 1 aliphatic carbocycles. The highest BCUT2D eigenvalue weighted by Gasteiger charge is 2.32. The molecule has 0 atom stereocenters. The van der Waals surface area contributed by atoms with Crippen LogP contribution in [0.5, 0.6) is 5.75 Å². The topological polar surface area (TPSA) is 76.6 Å². The van der Waals surface area contributed by atoms with E-state index >= 15 is 0 Å². The van der Waals surface area contributed by atoms with Crippen LogP contribution in [0.15, 0.2) is 60.9 Å². The lowest BCUT2D eigenvalue weighted by molar-refractivity contribution is -0.146. The zero-order valence-electron chi connectivity index (χ0n) is 25.3. The van der Waals surface area contributed by atoms with Gasteiger partial charge in [-0.15, -0.1) is 0 Å². The van der Waals surface area contributed by atoms with E-state index in [-0.39, 0.29) is 25.0 Å². The molecule has 0 bridgehead atoms. The minimum atomic E-state index is -4.45. The molecule has 0 spiro atoms. The lowest BCUT2D eigenvalue weighted by Gasteiger charge is -2.34. The van der Waals surface area contributed by atoms with Crippen molar-refractivity contribution in [3.05, 3.63) is 77.6 Å². The van der Waals surface area contributed by atoms with Gasteiger partial charge in [-0.3, -0.25) is 4.79 Å². The predicted molar refractivity (Wildman–Crippen MR) is 169 cm³/mol. The number of halogens is 3. The van der Waals surface area contributed by atoms with Crippen LogP contribution < -0.4 is 15.0 Å². The molecule has 0 amide bonds. The third kappa shape index (κ3) is 10.3. The second-order valence-corrected chi connectivity index (χ2v) is 12.0. The lowest BCUT2D eigenvalue weighted by Crippen LogP contribution is -2.33. The Hall–Kier alpha value is -3.47. The molecule has 0 radical (unpaired) electrons. The molecule has 238 valence electrons. The average Bonchev–Trinajstić information content (AvgIpc) is 3.03. The maximum absolute atomic E-state index is 13.6. The molecule has 3 aromatic rings. The Bertz CT molecular complexity index is 1300. The molecule has 1 aromatic heterocycles. The van der Waals surface area contributed by atoms with Crippen LogP contribution in [-0.4, -0.2) is 47.6 Å². The highest BCUT2D eigenvalue weighted by Crippen LogP contribution is 2.36. The number of benzene rings is 2. The minimum Gasteiger partial charge on any atom is -0.489 e. The van der Waals surface area contributed by atoms with Crippen LogP contribution in [0.25, 0.3) is 0 Å². The van der Waals surface area contributed by atoms with E-state index in [4.69, 9.17) is 9.47 Å². The maximum atomic E-state index is 13.6. The molecule has 4 rings (SSSR count). The summed E-state index contributed by atoms with van der Waals surface area (Å²) in [6, 6.07) is 13.6. The van der Waals surface area contributed by atoms with Crippen LogP contribution in [0.1, 0.15) is 55.7 Å². The van der Waals surface area contributed by atoms with Gasteiger partial charge in [0.05, 0.1) is 24.6 Å². The summed E-state index contributed by atoms with van der Waals surface area (Å²) in [4.78, 5) is 23.1. The Morgan fingerprint density at radius 2 is 1.75 bits per heavy atom. The highest BCUT2D eigenvalue weighted by atomic mass is 32.2. The monoisotopic (exact) mass is 630 g/mol. The van der Waals surface area contributed by atoms with Crippen molar-refractivity contribution in [1.82, 2.24) is 9.97 Å². The van der Waals surface area contributed by atoms with Crippen LogP contribution in [0.4, 0.5) is 24.8 Å². The number of ether oxygens (including phenoxy) is 2. The quantitative estimate of drug-likeness (QED) is 0.136. The number of esters is 1. The molecule has 2 aromatic carbocycles. The zero-order valence-corrected chi connectivity index (χ0v) is 26.1. The molecule has 0 saturated heterocycles. The SMILES string of the molecule is CCN(C[C@H]1CC[C@H](CC(=O)OCc2ccccc2)CC1)c1ccc(C(F)(F)F)cc1CNc1ncc(OCCSC)cn1. The first-order valence-corrected chi connectivity index (χ1v) is 16.5. The second-order valence-electron chi connectivity index (χ2n) is 11.1. The van der Waals surface area contributed by atoms with Gasteiger partial charge in [-0.05, 0) is 80.0 Å². The number of anilines is 2. The van der Waals surface area contributed by atoms with Crippen LogP contribution >= 0.6 is 11.8 Å². The van der Waals surface area contributed by atoms with E-state index < -0.39 is 11.7 Å². The van der Waals surface area contributed by atoms with Crippen LogP contribution in [0.2, 0.25) is 0 Å². The number of rotatable bonds is 15. The summed E-state index contributed by atoms with van der Waals surface area (Å²) in [5.41, 5.74) is 1.57. The van der Waals surface area contributed by atoms with Crippen molar-refractivity contribution in [2.45, 2.75) is 58.4 Å². The van der Waals surface area contributed by atoms with Crippen molar-refractivity contribution in [2.24, 2.45) is 11.8 Å². The molecule has 0 unspecified atom stereocenters. The second kappa shape index (κ2) is 16.6. The number of nitrogens with zero attached hydrogens (tertiary/aromatic N) is 3. The summed E-state index contributed by atoms with van der Waals surface area (Å²) in [5.74, 6) is 2.21. The Kier molecular flexibility index (Phi) is 12.6. The van der Waals surface area contributed by atoms with Gasteiger partial charge in [-0.2, -0.15) is 24.9 Å². The lowest BCUT2D eigenvalue weighted by atomic mass is 9.80. The van der Waals surface area contributed by atoms with Crippen molar-refractivity contribution >= 4 is 29.4 Å². The van der Waals surface area contributed by atoms with Gasteiger partial charge in [-0.1, -0.05) is 30.3 Å². The number of carbonyl (C=O) groups excluding carboxylic acids is 1. The van der Waals surface area contributed by atoms with E-state index in [0.717, 1.165) is 55.3 Å². The number of aromatic nitrogens is 2. The molecular weight excluding hydrogens is 589 g/mol. The smallest absolute Gasteiger partial charge is 0.416 e. The van der Waals surface area contributed by atoms with Gasteiger partial charge in [-0.25, -0.2) is 9.97 Å². The molecule has 0 aliphatic heterocycles. The molecule has 44 heavy (non-hydrogen) atoms. The van der Waals surface area contributed by atoms with E-state index in [1.165, 1.54) is 6.07 Å². The Morgan fingerprint density at radius 3 is 2.41 bits per heavy atom. The summed E-state index contributed by atoms with van der Waals surface area (Å²) < 4.78 is 52.0. The third-order valence-electron chi connectivity index (χ3n) is 7.89. The largest absolute Gasteiger partial charge is 0.489 e. The Morgan fingerprint density at radius 1 is 1.05 bits per heavy atom. The fourth-order valence-electron chi connectivity index (χ4n) is 5.47. The van der Waals surface area contributed by atoms with E-state index in [0.29, 0.717) is 42.8 Å². The van der Waals surface area contributed by atoms with E-state index in [9.17, 15) is 18.0 Å². The van der Waals surface area contributed by atoms with E-state index in [2.05, 4.69) is 20.2 Å². The van der Waals surface area contributed by atoms with Crippen LogP contribution in [0, 0.1) is 11.8 Å². The number of nitrogens with one attached hydrogen (secondary N) is 1. The van der Waals surface area contributed by atoms with E-state index in [1.54, 1.807) is 30.2 Å². The highest BCUT2D eigenvalue weighted by molar-refractivity contribution is 7.98. The molecule has 1 N–H and O–H groups in total. The summed E-state index contributed by atoms with van der Waals surface area (Å²) in [5, 5.41) is 3.08. The van der Waals surface area contributed by atoms with Crippen molar-refractivity contribution in [2.75, 3.05) is 41.9 Å². The van der Waals surface area contributed by atoms with Gasteiger partial charge >= 0.3 is 12.1 Å². The van der Waals surface area contributed by atoms with E-state index in [1.807, 2.05) is 43.5 Å². The summed E-state index contributed by atoms with van der Waals surface area (Å²) >= 11 is 1.67. The van der Waals surface area contributed by atoms with Gasteiger partial charge in [0.15, 0.2) is 5.75 Å². The summed E-state index contributed by atoms with van der Waals surface area (Å²) in [6.07, 6.45) is 4.85. The van der Waals surface area contributed by atoms with Gasteiger partial charge in [0.1, 0.15) is 6.61 Å². The van der Waals surface area contributed by atoms with Gasteiger partial charge < -0.3 is 19.7 Å². The molecule has 7 nitrogen and oxygen atoms in total. The normalized spacial score (nSPS) is 16.8. The minimum absolute atomic E-state index is 0.139. The molecular formula is C33H41F3N4O3S. The molecule has 1 heterocycles. The number of alkyl halides is 3. The summed E-state index contributed by atoms with van der Waals surface area (Å²) in [6.45, 7) is 4.37. The first-order chi connectivity index (χ1) is 21.2. The fraction of sp³-hybridized carbons (Fsp3) is 0.485. The van der Waals surface area contributed by atoms with Gasteiger partial charge in [0.25, 0.3) is 0 Å². The van der Waals surface area contributed by atoms with Crippen molar-refractivity contribution in [3.8, 4) is 5.75 Å². The fourth-order valence-corrected chi connectivity index (χ4v) is 5.72. The van der Waals surface area contributed by atoms with Crippen molar-refractivity contribution in [3.63, 3.8) is 0 Å². The third-order valence-corrected chi connectivity index (χ3v) is 8.47. The maximum Gasteiger partial charge on any atom is 0.416 e. The zero-order chi connectivity index (χ0) is 31.4. The van der Waals surface area contributed by atoms with Crippen LogP contribution in [0.3, 0.4) is 0 Å². The Balaban J connectivity index is 1.34. The van der Waals surface area contributed by atoms with Gasteiger partial charge in [0, 0.05) is 37.5 Å². The summed E-state index contributed by atoms with van der Waals surface area (Å²) in [7, 11) is 0. The molecule has 1 saturated carbocycles. The molecule has 1 aliphatic rings. The number of carbonyl (C=O) groups is 1. The first-order valence-electron chi connectivity index (χ1n) is 15.1. The van der Waals surface area contributed by atoms with Crippen molar-refractivity contribution in [1.29, 1.82) is 0 Å². The van der Waals surface area contributed by atoms with Crippen LogP contribution in [-0.2, 0) is 28.9 Å². The average molecular weight is 631 g/mol. The number of thioether (sulfide) groups is 1. The molecule has 11 heteroatoms. The standard InChI is InChI=1S/C33H41F3N4O3S/c1-3-40(22-25-11-9-24(10-12-25)17-31(41)43-23-26-7-5-4-6-8-26)30-14-13-28(33(34,35)36)18-27(30)19-37-32-38-20-29(21-39-32)42-15-16-44-2/h4-8,13-14,18,20-21,24-25H,3,9-12,15-17,19,22-23H2,1-2H3,(H,37,38,39)/t24-,25-. The Labute approximate surface area is 262 Å². The number of hydrogen-bond donors (Lipinski definition) is 1. The first kappa shape index (κ1) is 33.4. The van der Waals surface area contributed by atoms with Crippen molar-refractivity contribution < 1.29 is 27.4 Å². The molecule has 1 fully saturated rings. The number of hydrogen-bond acceptors (Lipinski definition) is 8.